The highest BCUT2D eigenvalue weighted by atomic mass is 79.9. The van der Waals surface area contributed by atoms with Crippen molar-refractivity contribution >= 4 is 38.4 Å². The van der Waals surface area contributed by atoms with Crippen molar-refractivity contribution in [2.75, 3.05) is 0 Å². The van der Waals surface area contributed by atoms with Gasteiger partial charge in [-0.15, -0.1) is 0 Å². The van der Waals surface area contributed by atoms with Gasteiger partial charge in [0, 0.05) is 11.6 Å². The number of aromatic nitrogens is 2. The largest absolute Gasteiger partial charge is 0.295 e. The fraction of sp³-hybridized carbons (Fsp3) is 0.273. The third-order valence-corrected chi connectivity index (χ3v) is 3.94. The van der Waals surface area contributed by atoms with Gasteiger partial charge in [0.05, 0.1) is 15.7 Å². The Kier molecular flexibility index (Phi) is 2.30. The van der Waals surface area contributed by atoms with E-state index in [1.807, 2.05) is 0 Å². The lowest BCUT2D eigenvalue weighted by Crippen LogP contribution is -2.20. The number of hydrogen-bond acceptors (Lipinski definition) is 2. The van der Waals surface area contributed by atoms with E-state index in [0.29, 0.717) is 15.9 Å². The van der Waals surface area contributed by atoms with Crippen molar-refractivity contribution in [3.05, 3.63) is 39.4 Å². The van der Waals surface area contributed by atoms with Gasteiger partial charge in [-0.25, -0.2) is 4.98 Å². The maximum atomic E-state index is 12.1. The molecule has 0 aliphatic carbocycles. The minimum absolute atomic E-state index is 0.0265. The second-order valence-corrected chi connectivity index (χ2v) is 5.39. The van der Waals surface area contributed by atoms with Gasteiger partial charge in [-0.1, -0.05) is 27.5 Å². The molecule has 0 amide bonds. The molecule has 1 aliphatic rings. The first-order chi connectivity index (χ1) is 7.66. The number of alkyl halides is 1. The first kappa shape index (κ1) is 10.3. The van der Waals surface area contributed by atoms with Crippen LogP contribution in [0.25, 0.3) is 10.9 Å². The molecule has 1 aliphatic heterocycles. The summed E-state index contributed by atoms with van der Waals surface area (Å²) in [5, 5.41) is 1.24. The van der Waals surface area contributed by atoms with Crippen LogP contribution in [0.1, 0.15) is 17.1 Å². The number of nitrogens with zero attached hydrogens (tertiary/aromatic N) is 2. The second kappa shape index (κ2) is 3.57. The summed E-state index contributed by atoms with van der Waals surface area (Å²) in [5.41, 5.74) is 0.703. The predicted octanol–water partition coefficient (Wildman–Crippen LogP) is 2.89. The lowest BCUT2D eigenvalue weighted by atomic mass is 10.2. The van der Waals surface area contributed by atoms with E-state index in [2.05, 4.69) is 20.9 Å². The molecule has 0 N–H and O–H groups in total. The highest BCUT2D eigenvalue weighted by Crippen LogP contribution is 2.31. The highest BCUT2D eigenvalue weighted by Gasteiger charge is 2.23. The molecule has 5 heteroatoms. The van der Waals surface area contributed by atoms with Crippen LogP contribution in [-0.4, -0.2) is 9.55 Å². The van der Waals surface area contributed by atoms with Crippen LogP contribution in [0.5, 0.6) is 0 Å². The Balaban J connectivity index is 2.44. The molecule has 0 spiro atoms. The minimum atomic E-state index is 0.0265. The highest BCUT2D eigenvalue weighted by molar-refractivity contribution is 9.09. The molecule has 2 aromatic rings. The monoisotopic (exact) mass is 298 g/mol. The van der Waals surface area contributed by atoms with Crippen molar-refractivity contribution in [2.45, 2.75) is 17.8 Å². The van der Waals surface area contributed by atoms with Crippen LogP contribution in [0.15, 0.2) is 23.0 Å². The summed E-state index contributed by atoms with van der Waals surface area (Å²) >= 11 is 9.42. The SMILES string of the molecule is O=c1c2ccc(Cl)cc2nc2n1CC[C@H]2Br. The van der Waals surface area contributed by atoms with Gasteiger partial charge < -0.3 is 0 Å². The predicted molar refractivity (Wildman–Crippen MR) is 67.3 cm³/mol. The first-order valence-electron chi connectivity index (χ1n) is 5.01. The summed E-state index contributed by atoms with van der Waals surface area (Å²) in [6.07, 6.45) is 0.909. The van der Waals surface area contributed by atoms with Crippen molar-refractivity contribution in [3.63, 3.8) is 0 Å². The summed E-state index contributed by atoms with van der Waals surface area (Å²) in [5.74, 6) is 0.805. The average Bonchev–Trinajstić information content (AvgIpc) is 2.61. The zero-order valence-corrected chi connectivity index (χ0v) is 10.6. The fourth-order valence-corrected chi connectivity index (χ4v) is 2.76. The number of rotatable bonds is 0. The van der Waals surface area contributed by atoms with Crippen LogP contribution in [0, 0.1) is 0 Å². The summed E-state index contributed by atoms with van der Waals surface area (Å²) in [6, 6.07) is 5.19. The number of fused-ring (bicyclic) bond motifs is 2. The Bertz CT molecular complexity index is 638. The molecule has 0 bridgehead atoms. The third kappa shape index (κ3) is 1.40. The summed E-state index contributed by atoms with van der Waals surface area (Å²) < 4.78 is 1.73. The van der Waals surface area contributed by atoms with Crippen molar-refractivity contribution in [2.24, 2.45) is 0 Å². The summed E-state index contributed by atoms with van der Waals surface area (Å²) in [7, 11) is 0. The van der Waals surface area contributed by atoms with E-state index >= 15 is 0 Å². The molecule has 1 aromatic carbocycles. The van der Waals surface area contributed by atoms with Crippen molar-refractivity contribution in [1.29, 1.82) is 0 Å². The standard InChI is InChI=1S/C11H8BrClN2O/c12-8-3-4-15-10(8)14-9-5-6(13)1-2-7(9)11(15)16/h1-2,5,8H,3-4H2/t8-/m1/s1. The smallest absolute Gasteiger partial charge is 0.261 e. The number of halogens is 2. The van der Waals surface area contributed by atoms with Crippen LogP contribution in [0.3, 0.4) is 0 Å². The molecular formula is C11H8BrClN2O. The van der Waals surface area contributed by atoms with E-state index in [0.717, 1.165) is 18.8 Å². The Morgan fingerprint density at radius 1 is 1.50 bits per heavy atom. The molecule has 0 fully saturated rings. The molecule has 1 atom stereocenters. The zero-order valence-electron chi connectivity index (χ0n) is 8.28. The van der Waals surface area contributed by atoms with E-state index in [-0.39, 0.29) is 10.4 Å². The lowest BCUT2D eigenvalue weighted by Gasteiger charge is -2.06. The molecule has 0 saturated carbocycles. The van der Waals surface area contributed by atoms with E-state index in [4.69, 9.17) is 11.6 Å². The van der Waals surface area contributed by atoms with Gasteiger partial charge in [0.2, 0.25) is 0 Å². The van der Waals surface area contributed by atoms with Crippen molar-refractivity contribution in [1.82, 2.24) is 9.55 Å². The molecule has 82 valence electrons. The first-order valence-corrected chi connectivity index (χ1v) is 6.30. The van der Waals surface area contributed by atoms with Gasteiger partial charge in [-0.05, 0) is 24.6 Å². The minimum Gasteiger partial charge on any atom is -0.295 e. The molecule has 3 nitrogen and oxygen atoms in total. The van der Waals surface area contributed by atoms with E-state index in [1.54, 1.807) is 22.8 Å². The molecular weight excluding hydrogens is 291 g/mol. The van der Waals surface area contributed by atoms with Crippen LogP contribution in [0.2, 0.25) is 5.02 Å². The van der Waals surface area contributed by atoms with E-state index in [9.17, 15) is 4.79 Å². The maximum Gasteiger partial charge on any atom is 0.261 e. The molecule has 3 rings (SSSR count). The molecule has 2 heterocycles. The van der Waals surface area contributed by atoms with Crippen molar-refractivity contribution < 1.29 is 0 Å². The third-order valence-electron chi connectivity index (χ3n) is 2.83. The average molecular weight is 300 g/mol. The molecule has 1 aromatic heterocycles. The molecule has 0 radical (unpaired) electrons. The molecule has 16 heavy (non-hydrogen) atoms. The van der Waals surface area contributed by atoms with E-state index < -0.39 is 0 Å². The topological polar surface area (TPSA) is 34.9 Å². The zero-order chi connectivity index (χ0) is 11.3. The fourth-order valence-electron chi connectivity index (χ4n) is 2.04. The summed E-state index contributed by atoms with van der Waals surface area (Å²) in [4.78, 5) is 16.8. The quantitative estimate of drug-likeness (QED) is 0.701. The number of benzene rings is 1. The normalized spacial score (nSPS) is 19.0. The van der Waals surface area contributed by atoms with Gasteiger partial charge in [0.25, 0.3) is 5.56 Å². The van der Waals surface area contributed by atoms with Gasteiger partial charge in [0.15, 0.2) is 0 Å². The van der Waals surface area contributed by atoms with Gasteiger partial charge in [-0.2, -0.15) is 0 Å². The lowest BCUT2D eigenvalue weighted by molar-refractivity contribution is 0.719. The van der Waals surface area contributed by atoms with Crippen LogP contribution >= 0.6 is 27.5 Å². The second-order valence-electron chi connectivity index (χ2n) is 3.84. The van der Waals surface area contributed by atoms with Crippen molar-refractivity contribution in [3.8, 4) is 0 Å². The Labute approximate surface area is 105 Å². The Hall–Kier alpha value is -0.870. The van der Waals surface area contributed by atoms with Gasteiger partial charge >= 0.3 is 0 Å². The van der Waals surface area contributed by atoms with Crippen LogP contribution < -0.4 is 5.56 Å². The van der Waals surface area contributed by atoms with E-state index in [1.165, 1.54) is 0 Å². The van der Waals surface area contributed by atoms with Crippen LogP contribution in [0.4, 0.5) is 0 Å². The van der Waals surface area contributed by atoms with Crippen LogP contribution in [-0.2, 0) is 6.54 Å². The Morgan fingerprint density at radius 2 is 2.31 bits per heavy atom. The summed E-state index contributed by atoms with van der Waals surface area (Å²) in [6.45, 7) is 0.732. The number of hydrogen-bond donors (Lipinski definition) is 0. The van der Waals surface area contributed by atoms with Gasteiger partial charge in [0.1, 0.15) is 5.82 Å². The molecule has 0 saturated heterocycles. The maximum absolute atomic E-state index is 12.1. The molecule has 0 unspecified atom stereocenters. The van der Waals surface area contributed by atoms with Gasteiger partial charge in [-0.3, -0.25) is 9.36 Å². The Morgan fingerprint density at radius 3 is 3.12 bits per heavy atom.